The van der Waals surface area contributed by atoms with Gasteiger partial charge in [0.1, 0.15) is 0 Å². The maximum absolute atomic E-state index is 11.8. The Bertz CT molecular complexity index is 609. The van der Waals surface area contributed by atoms with Gasteiger partial charge in [0.25, 0.3) is 0 Å². The number of aryl methyl sites for hydroxylation is 1. The highest BCUT2D eigenvalue weighted by Gasteiger charge is 2.21. The summed E-state index contributed by atoms with van der Waals surface area (Å²) < 4.78 is 0.927. The molecule has 0 fully saturated rings. The molecule has 0 aromatic heterocycles. The normalized spacial score (nSPS) is 10.8. The van der Waals surface area contributed by atoms with Crippen LogP contribution in [0.25, 0.3) is 0 Å². The van der Waals surface area contributed by atoms with Gasteiger partial charge in [-0.2, -0.15) is 0 Å². The number of hydrogen-bond acceptors (Lipinski definition) is 3. The molecule has 0 radical (unpaired) electrons. The minimum atomic E-state index is -0.559. The van der Waals surface area contributed by atoms with Crippen molar-refractivity contribution in [2.75, 3.05) is 18.4 Å². The van der Waals surface area contributed by atoms with Gasteiger partial charge in [0, 0.05) is 15.6 Å². The number of anilines is 1. The molecule has 0 saturated carbocycles. The molecule has 0 bridgehead atoms. The first kappa shape index (κ1) is 19.2. The Morgan fingerprint density at radius 2 is 1.65 bits per heavy atom. The summed E-state index contributed by atoms with van der Waals surface area (Å²) in [4.78, 5) is 35.1. The second-order valence-corrected chi connectivity index (χ2v) is 7.13. The van der Waals surface area contributed by atoms with E-state index < -0.39 is 11.3 Å². The number of hydrogen-bond donors (Lipinski definition) is 3. The van der Waals surface area contributed by atoms with Crippen LogP contribution in [0.15, 0.2) is 22.7 Å². The average molecular weight is 384 g/mol. The van der Waals surface area contributed by atoms with Gasteiger partial charge in [-0.1, -0.05) is 36.7 Å². The van der Waals surface area contributed by atoms with Gasteiger partial charge in [-0.3, -0.25) is 14.4 Å². The molecule has 0 spiro atoms. The lowest BCUT2D eigenvalue weighted by Crippen LogP contribution is -2.43. The maximum Gasteiger partial charge on any atom is 0.243 e. The molecule has 0 atom stereocenters. The molecule has 23 heavy (non-hydrogen) atoms. The van der Waals surface area contributed by atoms with Crippen LogP contribution in [-0.4, -0.2) is 30.8 Å². The van der Waals surface area contributed by atoms with Crippen molar-refractivity contribution in [1.82, 2.24) is 10.6 Å². The average Bonchev–Trinajstić information content (AvgIpc) is 2.44. The van der Waals surface area contributed by atoms with E-state index in [1.165, 1.54) is 0 Å². The highest BCUT2D eigenvalue weighted by atomic mass is 79.9. The van der Waals surface area contributed by atoms with E-state index >= 15 is 0 Å². The van der Waals surface area contributed by atoms with Crippen molar-refractivity contribution in [2.24, 2.45) is 5.41 Å². The van der Waals surface area contributed by atoms with Gasteiger partial charge >= 0.3 is 0 Å². The first-order chi connectivity index (χ1) is 10.6. The van der Waals surface area contributed by atoms with Crippen molar-refractivity contribution in [3.8, 4) is 0 Å². The highest BCUT2D eigenvalue weighted by molar-refractivity contribution is 9.10. The molecule has 7 heteroatoms. The van der Waals surface area contributed by atoms with Gasteiger partial charge in [-0.25, -0.2) is 0 Å². The molecule has 126 valence electrons. The Morgan fingerprint density at radius 1 is 1.04 bits per heavy atom. The number of halogens is 1. The number of rotatable bonds is 5. The zero-order valence-corrected chi connectivity index (χ0v) is 15.3. The Labute approximate surface area is 144 Å². The SMILES string of the molecule is Cc1cc(Br)ccc1NC(=O)CNC(=O)CNC(=O)C(C)(C)C. The van der Waals surface area contributed by atoms with E-state index in [1.54, 1.807) is 26.8 Å². The zero-order chi connectivity index (χ0) is 17.6. The predicted octanol–water partition coefficient (Wildman–Crippen LogP) is 1.97. The summed E-state index contributed by atoms with van der Waals surface area (Å²) in [5.41, 5.74) is 1.04. The van der Waals surface area contributed by atoms with Crippen molar-refractivity contribution in [3.63, 3.8) is 0 Å². The standard InChI is InChI=1S/C16H22BrN3O3/c1-10-7-11(17)5-6-12(10)20-14(22)9-18-13(21)8-19-15(23)16(2,3)4/h5-7H,8-9H2,1-4H3,(H,18,21)(H,19,23)(H,20,22). The summed E-state index contributed by atoms with van der Waals surface area (Å²) in [5, 5.41) is 7.71. The Kier molecular flexibility index (Phi) is 6.75. The third kappa shape index (κ3) is 6.81. The van der Waals surface area contributed by atoms with Crippen LogP contribution in [-0.2, 0) is 14.4 Å². The molecule has 1 aromatic carbocycles. The van der Waals surface area contributed by atoms with Crippen LogP contribution < -0.4 is 16.0 Å². The van der Waals surface area contributed by atoms with E-state index in [0.717, 1.165) is 10.0 Å². The van der Waals surface area contributed by atoms with Crippen molar-refractivity contribution >= 4 is 39.3 Å². The van der Waals surface area contributed by atoms with E-state index in [2.05, 4.69) is 31.9 Å². The summed E-state index contributed by atoms with van der Waals surface area (Å²) >= 11 is 3.35. The largest absolute Gasteiger partial charge is 0.347 e. The summed E-state index contributed by atoms with van der Waals surface area (Å²) in [5.74, 6) is -0.959. The maximum atomic E-state index is 11.8. The third-order valence-corrected chi connectivity index (χ3v) is 3.49. The van der Waals surface area contributed by atoms with Crippen LogP contribution in [0.2, 0.25) is 0 Å². The first-order valence-corrected chi connectivity index (χ1v) is 8.00. The number of nitrogens with one attached hydrogen (secondary N) is 3. The molecule has 1 aromatic rings. The van der Waals surface area contributed by atoms with Gasteiger partial charge in [0.15, 0.2) is 0 Å². The molecule has 0 heterocycles. The van der Waals surface area contributed by atoms with Crippen LogP contribution in [0.1, 0.15) is 26.3 Å². The Balaban J connectivity index is 2.38. The molecule has 0 aliphatic rings. The fraction of sp³-hybridized carbons (Fsp3) is 0.438. The fourth-order valence-electron chi connectivity index (χ4n) is 1.63. The monoisotopic (exact) mass is 383 g/mol. The minimum Gasteiger partial charge on any atom is -0.347 e. The molecule has 0 aliphatic heterocycles. The van der Waals surface area contributed by atoms with E-state index in [1.807, 2.05) is 19.1 Å². The summed E-state index contributed by atoms with van der Waals surface area (Å²) in [6, 6.07) is 5.49. The number of amides is 3. The van der Waals surface area contributed by atoms with Gasteiger partial charge in [0.05, 0.1) is 13.1 Å². The molecule has 0 aliphatic carbocycles. The van der Waals surface area contributed by atoms with Crippen molar-refractivity contribution in [2.45, 2.75) is 27.7 Å². The van der Waals surface area contributed by atoms with Crippen molar-refractivity contribution < 1.29 is 14.4 Å². The molecule has 0 unspecified atom stereocenters. The second-order valence-electron chi connectivity index (χ2n) is 6.22. The number of carbonyl (C=O) groups excluding carboxylic acids is 3. The van der Waals surface area contributed by atoms with E-state index in [9.17, 15) is 14.4 Å². The van der Waals surface area contributed by atoms with Crippen LogP contribution in [0.5, 0.6) is 0 Å². The highest BCUT2D eigenvalue weighted by Crippen LogP contribution is 2.19. The van der Waals surface area contributed by atoms with Gasteiger partial charge in [0.2, 0.25) is 17.7 Å². The van der Waals surface area contributed by atoms with Crippen LogP contribution in [0.4, 0.5) is 5.69 Å². The zero-order valence-electron chi connectivity index (χ0n) is 13.7. The fourth-order valence-corrected chi connectivity index (χ4v) is 2.10. The molecule has 3 amide bonds. The molecule has 0 saturated heterocycles. The molecular weight excluding hydrogens is 362 g/mol. The van der Waals surface area contributed by atoms with Gasteiger partial charge in [-0.05, 0) is 30.7 Å². The molecule has 6 nitrogen and oxygen atoms in total. The lowest BCUT2D eigenvalue weighted by atomic mass is 9.96. The van der Waals surface area contributed by atoms with Gasteiger partial charge in [-0.15, -0.1) is 0 Å². The topological polar surface area (TPSA) is 87.3 Å². The Morgan fingerprint density at radius 3 is 2.22 bits per heavy atom. The van der Waals surface area contributed by atoms with Gasteiger partial charge < -0.3 is 16.0 Å². The lowest BCUT2D eigenvalue weighted by Gasteiger charge is -2.17. The molecular formula is C16H22BrN3O3. The van der Waals surface area contributed by atoms with Crippen molar-refractivity contribution in [3.05, 3.63) is 28.2 Å². The van der Waals surface area contributed by atoms with Crippen LogP contribution in [0, 0.1) is 12.3 Å². The lowest BCUT2D eigenvalue weighted by molar-refractivity contribution is -0.131. The predicted molar refractivity (Wildman–Crippen MR) is 93.0 cm³/mol. The molecule has 3 N–H and O–H groups in total. The summed E-state index contributed by atoms with van der Waals surface area (Å²) in [7, 11) is 0. The minimum absolute atomic E-state index is 0.152. The van der Waals surface area contributed by atoms with Crippen molar-refractivity contribution in [1.29, 1.82) is 0 Å². The summed E-state index contributed by atoms with van der Waals surface area (Å²) in [6.45, 7) is 6.85. The smallest absolute Gasteiger partial charge is 0.243 e. The van der Waals surface area contributed by atoms with E-state index in [4.69, 9.17) is 0 Å². The van der Waals surface area contributed by atoms with E-state index in [0.29, 0.717) is 5.69 Å². The van der Waals surface area contributed by atoms with E-state index in [-0.39, 0.29) is 24.9 Å². The second kappa shape index (κ2) is 8.10. The number of benzene rings is 1. The summed E-state index contributed by atoms with van der Waals surface area (Å²) in [6.07, 6.45) is 0. The van der Waals surface area contributed by atoms with Crippen LogP contribution >= 0.6 is 15.9 Å². The first-order valence-electron chi connectivity index (χ1n) is 7.20. The van der Waals surface area contributed by atoms with Crippen LogP contribution in [0.3, 0.4) is 0 Å². The molecule has 1 rings (SSSR count). The number of carbonyl (C=O) groups is 3. The Hall–Kier alpha value is -1.89. The third-order valence-electron chi connectivity index (χ3n) is 3.00. The quantitative estimate of drug-likeness (QED) is 0.726.